The summed E-state index contributed by atoms with van der Waals surface area (Å²) in [6.45, 7) is 17.8. The smallest absolute Gasteiger partial charge is 0.194 e. The monoisotopic (exact) mass is 328 g/mol. The Labute approximate surface area is 146 Å². The van der Waals surface area contributed by atoms with Crippen LogP contribution in [0.15, 0.2) is 16.9 Å². The van der Waals surface area contributed by atoms with Crippen LogP contribution >= 0.6 is 0 Å². The summed E-state index contributed by atoms with van der Waals surface area (Å²) in [4.78, 5) is 19.0. The molecule has 24 heavy (non-hydrogen) atoms. The second-order valence-corrected chi connectivity index (χ2v) is 8.04. The maximum absolute atomic E-state index is 13.1. The first-order chi connectivity index (χ1) is 11.2. The fraction of sp³-hybridized carbons (Fsp3) is 0.571. The molecule has 0 aliphatic heterocycles. The van der Waals surface area contributed by atoms with Crippen molar-refractivity contribution in [2.45, 2.75) is 55.0 Å². The third kappa shape index (κ3) is 4.27. The van der Waals surface area contributed by atoms with Gasteiger partial charge in [0.2, 0.25) is 0 Å². The average molecular weight is 329 g/mol. The maximum atomic E-state index is 13.1. The molecule has 132 valence electrons. The lowest BCUT2D eigenvalue weighted by atomic mass is 10.0. The van der Waals surface area contributed by atoms with Gasteiger partial charge in [-0.25, -0.2) is 0 Å². The van der Waals surface area contributed by atoms with E-state index in [1.54, 1.807) is 0 Å². The summed E-state index contributed by atoms with van der Waals surface area (Å²) in [6.07, 6.45) is 0. The van der Waals surface area contributed by atoms with E-state index in [0.29, 0.717) is 11.8 Å². The Morgan fingerprint density at radius 2 is 1.58 bits per heavy atom. The van der Waals surface area contributed by atoms with Crippen LogP contribution in [0, 0.1) is 32.6 Å². The molecule has 0 radical (unpaired) electrons. The maximum Gasteiger partial charge on any atom is 0.194 e. The molecule has 0 aliphatic rings. The van der Waals surface area contributed by atoms with Gasteiger partial charge in [-0.05, 0) is 49.8 Å². The molecule has 1 aromatic carbocycles. The van der Waals surface area contributed by atoms with Crippen molar-refractivity contribution in [3.8, 4) is 0 Å². The molecule has 0 aliphatic carbocycles. The molecule has 0 saturated carbocycles. The van der Waals surface area contributed by atoms with Gasteiger partial charge in [0, 0.05) is 36.3 Å². The molecule has 2 aromatic rings. The molecule has 1 N–H and O–H groups in total. The van der Waals surface area contributed by atoms with E-state index in [0.717, 1.165) is 52.9 Å². The van der Waals surface area contributed by atoms with Crippen LogP contribution in [-0.4, -0.2) is 23.0 Å². The minimum Gasteiger partial charge on any atom is -0.358 e. The van der Waals surface area contributed by atoms with Gasteiger partial charge >= 0.3 is 0 Å². The van der Waals surface area contributed by atoms with Gasteiger partial charge in [0.1, 0.15) is 0 Å². The van der Waals surface area contributed by atoms with Gasteiger partial charge in [0.15, 0.2) is 5.43 Å². The Hall–Kier alpha value is -1.61. The van der Waals surface area contributed by atoms with Crippen LogP contribution in [0.3, 0.4) is 0 Å². The molecule has 0 amide bonds. The van der Waals surface area contributed by atoms with E-state index in [2.05, 4.69) is 57.5 Å². The number of aromatic nitrogens is 1. The molecule has 0 bridgehead atoms. The second-order valence-electron chi connectivity index (χ2n) is 8.04. The van der Waals surface area contributed by atoms with Gasteiger partial charge in [-0.3, -0.25) is 9.69 Å². The first kappa shape index (κ1) is 18.7. The van der Waals surface area contributed by atoms with Gasteiger partial charge in [-0.15, -0.1) is 0 Å². The number of pyridine rings is 1. The van der Waals surface area contributed by atoms with Gasteiger partial charge in [0.05, 0.1) is 5.52 Å². The number of nitrogens with one attached hydrogen (secondary N) is 1. The zero-order valence-electron chi connectivity index (χ0n) is 16.3. The topological polar surface area (TPSA) is 36.1 Å². The van der Waals surface area contributed by atoms with E-state index in [9.17, 15) is 4.79 Å². The van der Waals surface area contributed by atoms with Crippen LogP contribution in [0.25, 0.3) is 10.9 Å². The quantitative estimate of drug-likeness (QED) is 0.843. The van der Waals surface area contributed by atoms with Crippen molar-refractivity contribution in [2.75, 3.05) is 13.1 Å². The summed E-state index contributed by atoms with van der Waals surface area (Å²) < 4.78 is 0. The lowest BCUT2D eigenvalue weighted by Crippen LogP contribution is -2.33. The first-order valence-corrected chi connectivity index (χ1v) is 9.04. The molecule has 3 heteroatoms. The van der Waals surface area contributed by atoms with E-state index < -0.39 is 0 Å². The molecule has 0 spiro atoms. The number of hydrogen-bond acceptors (Lipinski definition) is 2. The Balaban J connectivity index is 2.49. The Bertz CT molecular complexity index is 761. The van der Waals surface area contributed by atoms with Crippen molar-refractivity contribution in [1.29, 1.82) is 0 Å². The normalized spacial score (nSPS) is 12.1. The van der Waals surface area contributed by atoms with Crippen LogP contribution in [0.4, 0.5) is 0 Å². The summed E-state index contributed by atoms with van der Waals surface area (Å²) in [5, 5.41) is 0.821. The molecular weight excluding hydrogens is 296 g/mol. The van der Waals surface area contributed by atoms with Crippen molar-refractivity contribution >= 4 is 10.9 Å². The van der Waals surface area contributed by atoms with Crippen LogP contribution in [0.5, 0.6) is 0 Å². The van der Waals surface area contributed by atoms with E-state index >= 15 is 0 Å². The van der Waals surface area contributed by atoms with Crippen LogP contribution < -0.4 is 5.43 Å². The Morgan fingerprint density at radius 1 is 1.00 bits per heavy atom. The highest BCUT2D eigenvalue weighted by atomic mass is 16.1. The predicted octanol–water partition coefficient (Wildman–Crippen LogP) is 4.57. The SMILES string of the molecule is Cc1cc(C)c2[nH]c(C)c(CN(CC(C)C)CC(C)C)c(=O)c2c1. The van der Waals surface area contributed by atoms with E-state index in [-0.39, 0.29) is 5.43 Å². The average Bonchev–Trinajstić information content (AvgIpc) is 2.43. The minimum atomic E-state index is 0.186. The van der Waals surface area contributed by atoms with Crippen molar-refractivity contribution < 1.29 is 0 Å². The van der Waals surface area contributed by atoms with Gasteiger partial charge in [-0.2, -0.15) is 0 Å². The second kappa shape index (κ2) is 7.52. The molecule has 0 unspecified atom stereocenters. The number of nitrogens with zero attached hydrogens (tertiary/aromatic N) is 1. The molecule has 3 nitrogen and oxygen atoms in total. The molecular formula is C21H32N2O. The molecule has 0 saturated heterocycles. The Morgan fingerprint density at radius 3 is 2.12 bits per heavy atom. The zero-order chi connectivity index (χ0) is 18.0. The minimum absolute atomic E-state index is 0.186. The van der Waals surface area contributed by atoms with Gasteiger partial charge < -0.3 is 4.98 Å². The highest BCUT2D eigenvalue weighted by Gasteiger charge is 2.16. The Kier molecular flexibility index (Phi) is 5.87. The lowest BCUT2D eigenvalue weighted by molar-refractivity contribution is 0.210. The summed E-state index contributed by atoms with van der Waals surface area (Å²) in [5.74, 6) is 1.18. The summed E-state index contributed by atoms with van der Waals surface area (Å²) >= 11 is 0. The van der Waals surface area contributed by atoms with Crippen molar-refractivity contribution in [1.82, 2.24) is 9.88 Å². The van der Waals surface area contributed by atoms with Gasteiger partial charge in [-0.1, -0.05) is 33.8 Å². The molecule has 0 atom stereocenters. The zero-order valence-corrected chi connectivity index (χ0v) is 16.3. The summed E-state index contributed by atoms with van der Waals surface area (Å²) in [5.41, 5.74) is 5.35. The molecule has 2 rings (SSSR count). The number of fused-ring (bicyclic) bond motifs is 1. The fourth-order valence-electron chi connectivity index (χ4n) is 3.56. The number of rotatable bonds is 6. The van der Waals surface area contributed by atoms with Crippen molar-refractivity contribution in [3.63, 3.8) is 0 Å². The predicted molar refractivity (Wildman–Crippen MR) is 104 cm³/mol. The first-order valence-electron chi connectivity index (χ1n) is 9.04. The number of aromatic amines is 1. The third-order valence-corrected chi connectivity index (χ3v) is 4.39. The van der Waals surface area contributed by atoms with Gasteiger partial charge in [0.25, 0.3) is 0 Å². The molecule has 1 heterocycles. The van der Waals surface area contributed by atoms with Crippen LogP contribution in [0.2, 0.25) is 0 Å². The third-order valence-electron chi connectivity index (χ3n) is 4.39. The van der Waals surface area contributed by atoms with Crippen LogP contribution in [0.1, 0.15) is 50.1 Å². The standard InChI is InChI=1S/C21H32N2O/c1-13(2)10-23(11-14(3)4)12-19-17(7)22-20-16(6)8-15(5)9-18(20)21(19)24/h8-9,13-14H,10-12H2,1-7H3,(H,22,24). The van der Waals surface area contributed by atoms with E-state index in [1.807, 2.05) is 13.0 Å². The number of H-pyrrole nitrogens is 1. The fourth-order valence-corrected chi connectivity index (χ4v) is 3.56. The number of hydrogen-bond donors (Lipinski definition) is 1. The molecule has 0 fully saturated rings. The molecule has 1 aromatic heterocycles. The largest absolute Gasteiger partial charge is 0.358 e. The van der Waals surface area contributed by atoms with E-state index in [4.69, 9.17) is 0 Å². The van der Waals surface area contributed by atoms with E-state index in [1.165, 1.54) is 0 Å². The lowest BCUT2D eigenvalue weighted by Gasteiger charge is -2.26. The summed E-state index contributed by atoms with van der Waals surface area (Å²) in [6, 6.07) is 4.14. The van der Waals surface area contributed by atoms with Crippen LogP contribution in [-0.2, 0) is 6.54 Å². The number of benzene rings is 1. The van der Waals surface area contributed by atoms with Crippen molar-refractivity contribution in [2.24, 2.45) is 11.8 Å². The van der Waals surface area contributed by atoms with Crippen molar-refractivity contribution in [3.05, 3.63) is 44.7 Å². The highest BCUT2D eigenvalue weighted by molar-refractivity contribution is 5.83. The number of aryl methyl sites for hydroxylation is 3. The summed E-state index contributed by atoms with van der Waals surface area (Å²) in [7, 11) is 0. The highest BCUT2D eigenvalue weighted by Crippen LogP contribution is 2.19.